The van der Waals surface area contributed by atoms with Crippen molar-refractivity contribution < 1.29 is 14.7 Å². The molecule has 0 unspecified atom stereocenters. The molecule has 9 heteroatoms. The monoisotopic (exact) mass is 383 g/mol. The Bertz CT molecular complexity index is 971. The molecule has 3 aromatic rings. The zero-order chi connectivity index (χ0) is 19.4. The minimum Gasteiger partial charge on any atom is -0.508 e. The largest absolute Gasteiger partial charge is 0.508 e. The maximum atomic E-state index is 12.5. The number of carbonyl (C=O) groups is 2. The second-order valence-corrected chi connectivity index (χ2v) is 7.08. The first-order valence-corrected chi connectivity index (χ1v) is 8.98. The van der Waals surface area contributed by atoms with E-state index in [0.29, 0.717) is 22.1 Å². The van der Waals surface area contributed by atoms with Crippen LogP contribution in [0.4, 0.5) is 5.69 Å². The molecule has 138 valence electrons. The van der Waals surface area contributed by atoms with E-state index < -0.39 is 5.25 Å². The maximum absolute atomic E-state index is 12.5. The van der Waals surface area contributed by atoms with Crippen LogP contribution in [0.1, 0.15) is 24.2 Å². The van der Waals surface area contributed by atoms with E-state index in [2.05, 4.69) is 20.8 Å². The van der Waals surface area contributed by atoms with Gasteiger partial charge in [-0.25, -0.2) is 0 Å². The van der Waals surface area contributed by atoms with Crippen LogP contribution in [0, 0.1) is 0 Å². The SMILES string of the molecule is CC(=O)c1cccc(NC(=O)[C@@H](C)Sc2nnnn2-c2ccc(O)cc2)c1. The summed E-state index contributed by atoms with van der Waals surface area (Å²) < 4.78 is 1.49. The molecule has 3 rings (SSSR count). The van der Waals surface area contributed by atoms with Crippen molar-refractivity contribution in [1.29, 1.82) is 0 Å². The van der Waals surface area contributed by atoms with Gasteiger partial charge in [0.05, 0.1) is 10.9 Å². The number of phenols is 1. The van der Waals surface area contributed by atoms with Crippen LogP contribution in [0.2, 0.25) is 0 Å². The van der Waals surface area contributed by atoms with Crippen molar-refractivity contribution in [3.05, 3.63) is 54.1 Å². The van der Waals surface area contributed by atoms with Crippen LogP contribution in [0.3, 0.4) is 0 Å². The first kappa shape index (κ1) is 18.6. The van der Waals surface area contributed by atoms with Crippen LogP contribution < -0.4 is 5.32 Å². The molecule has 0 aliphatic heterocycles. The second kappa shape index (κ2) is 8.00. The number of anilines is 1. The summed E-state index contributed by atoms with van der Waals surface area (Å²) in [7, 11) is 0. The van der Waals surface area contributed by atoms with Crippen molar-refractivity contribution in [2.24, 2.45) is 0 Å². The predicted molar refractivity (Wildman–Crippen MR) is 101 cm³/mol. The van der Waals surface area contributed by atoms with Gasteiger partial charge in [-0.05, 0) is 60.7 Å². The van der Waals surface area contributed by atoms with Gasteiger partial charge in [0.15, 0.2) is 5.78 Å². The van der Waals surface area contributed by atoms with E-state index in [1.165, 1.54) is 35.5 Å². The fraction of sp³-hybridized carbons (Fsp3) is 0.167. The molecule has 1 aromatic heterocycles. The number of nitrogens with zero attached hydrogens (tertiary/aromatic N) is 4. The number of nitrogens with one attached hydrogen (secondary N) is 1. The molecule has 0 saturated carbocycles. The summed E-state index contributed by atoms with van der Waals surface area (Å²) in [6, 6.07) is 13.2. The van der Waals surface area contributed by atoms with Gasteiger partial charge in [0.1, 0.15) is 5.75 Å². The number of amides is 1. The average molecular weight is 383 g/mol. The van der Waals surface area contributed by atoms with Crippen molar-refractivity contribution >= 4 is 29.1 Å². The lowest BCUT2D eigenvalue weighted by atomic mass is 10.1. The summed E-state index contributed by atoms with van der Waals surface area (Å²) >= 11 is 1.20. The molecule has 1 amide bonds. The molecule has 0 spiro atoms. The molecule has 1 heterocycles. The number of aromatic nitrogens is 4. The normalized spacial score (nSPS) is 11.8. The van der Waals surface area contributed by atoms with Crippen molar-refractivity contribution in [3.63, 3.8) is 0 Å². The van der Waals surface area contributed by atoms with Gasteiger partial charge in [0.25, 0.3) is 0 Å². The van der Waals surface area contributed by atoms with Crippen molar-refractivity contribution in [2.75, 3.05) is 5.32 Å². The molecule has 8 nitrogen and oxygen atoms in total. The summed E-state index contributed by atoms with van der Waals surface area (Å²) in [6.45, 7) is 3.22. The Kier molecular flexibility index (Phi) is 5.51. The molecule has 0 fully saturated rings. The van der Waals surface area contributed by atoms with Crippen LogP contribution in [-0.4, -0.2) is 42.3 Å². The highest BCUT2D eigenvalue weighted by Crippen LogP contribution is 2.24. The molecule has 27 heavy (non-hydrogen) atoms. The summed E-state index contributed by atoms with van der Waals surface area (Å²) in [5.74, 6) is -0.163. The van der Waals surface area contributed by atoms with Gasteiger partial charge in [0.2, 0.25) is 11.1 Å². The molecular weight excluding hydrogens is 366 g/mol. The molecule has 0 saturated heterocycles. The number of hydrogen-bond donors (Lipinski definition) is 2. The molecule has 0 aliphatic rings. The average Bonchev–Trinajstić information content (AvgIpc) is 3.10. The molecule has 0 bridgehead atoms. The Morgan fingerprint density at radius 1 is 1.19 bits per heavy atom. The Morgan fingerprint density at radius 3 is 2.63 bits per heavy atom. The molecule has 2 N–H and O–H groups in total. The van der Waals surface area contributed by atoms with E-state index >= 15 is 0 Å². The Morgan fingerprint density at radius 2 is 1.93 bits per heavy atom. The number of tetrazole rings is 1. The first-order valence-electron chi connectivity index (χ1n) is 8.10. The van der Waals surface area contributed by atoms with Gasteiger partial charge < -0.3 is 10.4 Å². The van der Waals surface area contributed by atoms with Crippen molar-refractivity contribution in [2.45, 2.75) is 24.3 Å². The predicted octanol–water partition coefficient (Wildman–Crippen LogP) is 2.69. The van der Waals surface area contributed by atoms with Crippen LogP contribution in [-0.2, 0) is 4.79 Å². The number of hydrogen-bond acceptors (Lipinski definition) is 7. The van der Waals surface area contributed by atoms with E-state index in [1.54, 1.807) is 43.3 Å². The second-order valence-electron chi connectivity index (χ2n) is 5.78. The highest BCUT2D eigenvalue weighted by molar-refractivity contribution is 8.00. The van der Waals surface area contributed by atoms with Crippen LogP contribution in [0.5, 0.6) is 5.75 Å². The van der Waals surface area contributed by atoms with Gasteiger partial charge >= 0.3 is 0 Å². The summed E-state index contributed by atoms with van der Waals surface area (Å²) in [4.78, 5) is 23.9. The lowest BCUT2D eigenvalue weighted by Crippen LogP contribution is -2.23. The Balaban J connectivity index is 1.71. The molecule has 0 aliphatic carbocycles. The summed E-state index contributed by atoms with van der Waals surface area (Å²) in [5.41, 5.74) is 1.75. The smallest absolute Gasteiger partial charge is 0.237 e. The van der Waals surface area contributed by atoms with E-state index in [9.17, 15) is 14.7 Å². The van der Waals surface area contributed by atoms with Gasteiger partial charge in [-0.2, -0.15) is 4.68 Å². The number of phenolic OH excluding ortho intramolecular Hbond substituents is 1. The van der Waals surface area contributed by atoms with Gasteiger partial charge in [-0.15, -0.1) is 5.10 Å². The number of Topliss-reactive ketones (excluding diaryl/α,β-unsaturated/α-hetero) is 1. The molecule has 1 atom stereocenters. The minimum absolute atomic E-state index is 0.0680. The highest BCUT2D eigenvalue weighted by Gasteiger charge is 2.19. The maximum Gasteiger partial charge on any atom is 0.237 e. The van der Waals surface area contributed by atoms with Gasteiger partial charge in [0, 0.05) is 11.3 Å². The lowest BCUT2D eigenvalue weighted by Gasteiger charge is -2.12. The van der Waals surface area contributed by atoms with Crippen LogP contribution in [0.25, 0.3) is 5.69 Å². The quantitative estimate of drug-likeness (QED) is 0.497. The number of ketones is 1. The first-order chi connectivity index (χ1) is 12.9. The van der Waals surface area contributed by atoms with E-state index in [0.717, 1.165) is 0 Å². The minimum atomic E-state index is -0.479. The lowest BCUT2D eigenvalue weighted by molar-refractivity contribution is -0.115. The van der Waals surface area contributed by atoms with E-state index in [-0.39, 0.29) is 17.4 Å². The van der Waals surface area contributed by atoms with E-state index in [1.807, 2.05) is 0 Å². The summed E-state index contributed by atoms with van der Waals surface area (Å²) in [5, 5.41) is 23.7. The third-order valence-electron chi connectivity index (χ3n) is 3.72. The highest BCUT2D eigenvalue weighted by atomic mass is 32.2. The summed E-state index contributed by atoms with van der Waals surface area (Å²) in [6.07, 6.45) is 0. The third kappa shape index (κ3) is 4.50. The fourth-order valence-electron chi connectivity index (χ4n) is 2.28. The number of benzene rings is 2. The number of thioether (sulfide) groups is 1. The Labute approximate surface area is 159 Å². The zero-order valence-corrected chi connectivity index (χ0v) is 15.5. The number of carbonyl (C=O) groups excluding carboxylic acids is 2. The van der Waals surface area contributed by atoms with E-state index in [4.69, 9.17) is 0 Å². The van der Waals surface area contributed by atoms with Gasteiger partial charge in [-0.1, -0.05) is 23.9 Å². The fourth-order valence-corrected chi connectivity index (χ4v) is 3.09. The standard InChI is InChI=1S/C18H17N5O3S/c1-11(24)13-4-3-5-14(10-13)19-17(26)12(2)27-18-20-21-22-23(18)15-6-8-16(25)9-7-15/h3-10,12,25H,1-2H3,(H,19,26)/t12-/m1/s1. The molecule has 2 aromatic carbocycles. The van der Waals surface area contributed by atoms with Crippen molar-refractivity contribution in [3.8, 4) is 11.4 Å². The number of rotatable bonds is 6. The molecule has 0 radical (unpaired) electrons. The molecular formula is C18H17N5O3S. The van der Waals surface area contributed by atoms with Crippen LogP contribution in [0.15, 0.2) is 53.7 Å². The zero-order valence-electron chi connectivity index (χ0n) is 14.7. The Hall–Kier alpha value is -3.20. The number of aromatic hydroxyl groups is 1. The topological polar surface area (TPSA) is 110 Å². The third-order valence-corrected chi connectivity index (χ3v) is 4.76. The van der Waals surface area contributed by atoms with Crippen molar-refractivity contribution in [1.82, 2.24) is 20.2 Å². The van der Waals surface area contributed by atoms with Crippen LogP contribution >= 0.6 is 11.8 Å². The van der Waals surface area contributed by atoms with Gasteiger partial charge in [-0.3, -0.25) is 9.59 Å².